The number of anilines is 1. The van der Waals surface area contributed by atoms with E-state index in [1.807, 2.05) is 11.3 Å². The Hall–Kier alpha value is -0.610. The van der Waals surface area contributed by atoms with Crippen LogP contribution in [0.4, 0.5) is 5.13 Å². The van der Waals surface area contributed by atoms with E-state index in [0.29, 0.717) is 0 Å². The van der Waals surface area contributed by atoms with Gasteiger partial charge in [0.25, 0.3) is 0 Å². The molecule has 0 radical (unpaired) electrons. The first-order valence-electron chi connectivity index (χ1n) is 7.29. The molecule has 0 aromatic carbocycles. The summed E-state index contributed by atoms with van der Waals surface area (Å²) in [7, 11) is 0. The number of rotatable bonds is 7. The number of thiazole rings is 1. The molecule has 102 valence electrons. The van der Waals surface area contributed by atoms with Crippen LogP contribution in [0.5, 0.6) is 0 Å². The first kappa shape index (κ1) is 13.8. The Morgan fingerprint density at radius 3 is 2.67 bits per heavy atom. The fourth-order valence-corrected chi connectivity index (χ4v) is 3.49. The Bertz CT molecular complexity index is 356. The van der Waals surface area contributed by atoms with Gasteiger partial charge in [-0.15, -0.1) is 11.3 Å². The summed E-state index contributed by atoms with van der Waals surface area (Å²) in [6, 6.07) is 0. The van der Waals surface area contributed by atoms with Gasteiger partial charge in [-0.3, -0.25) is 0 Å². The molecule has 1 aliphatic rings. The molecule has 3 nitrogen and oxygen atoms in total. The highest BCUT2D eigenvalue weighted by molar-refractivity contribution is 7.15. The third-order valence-corrected chi connectivity index (χ3v) is 4.50. The lowest BCUT2D eigenvalue weighted by atomic mass is 10.2. The summed E-state index contributed by atoms with van der Waals surface area (Å²) in [4.78, 5) is 8.77. The molecule has 2 heterocycles. The molecule has 0 bridgehead atoms. The van der Waals surface area contributed by atoms with Crippen molar-refractivity contribution in [1.82, 2.24) is 10.3 Å². The minimum atomic E-state index is 0.995. The van der Waals surface area contributed by atoms with Crippen molar-refractivity contribution < 1.29 is 0 Å². The molecule has 0 saturated carbocycles. The largest absolute Gasteiger partial charge is 0.348 e. The zero-order valence-corrected chi connectivity index (χ0v) is 12.5. The first-order chi connectivity index (χ1) is 8.85. The lowest BCUT2D eigenvalue weighted by Crippen LogP contribution is -2.17. The van der Waals surface area contributed by atoms with Crippen LogP contribution in [0.3, 0.4) is 0 Å². The zero-order chi connectivity index (χ0) is 12.8. The second kappa shape index (κ2) is 7.10. The van der Waals surface area contributed by atoms with Crippen LogP contribution in [0.1, 0.15) is 50.1 Å². The number of nitrogens with zero attached hydrogens (tertiary/aromatic N) is 2. The molecule has 4 heteroatoms. The number of aromatic nitrogens is 1. The van der Waals surface area contributed by atoms with Gasteiger partial charge in [0, 0.05) is 24.5 Å². The molecule has 1 aliphatic heterocycles. The van der Waals surface area contributed by atoms with Crippen molar-refractivity contribution in [2.45, 2.75) is 52.5 Å². The maximum atomic E-state index is 4.87. The van der Waals surface area contributed by atoms with E-state index < -0.39 is 0 Å². The summed E-state index contributed by atoms with van der Waals surface area (Å²) >= 11 is 1.90. The highest BCUT2D eigenvalue weighted by atomic mass is 32.1. The van der Waals surface area contributed by atoms with Crippen LogP contribution in [-0.2, 0) is 13.0 Å². The smallest absolute Gasteiger partial charge is 0.185 e. The van der Waals surface area contributed by atoms with E-state index in [4.69, 9.17) is 4.98 Å². The van der Waals surface area contributed by atoms with Crippen molar-refractivity contribution in [3.05, 3.63) is 10.6 Å². The SMILES string of the molecule is CCCNCc1sc(N2CCCC2)nc1CCC. The Kier molecular flexibility index (Phi) is 5.45. The normalized spacial score (nSPS) is 15.6. The standard InChI is InChI=1S/C14H25N3S/c1-3-7-12-13(11-15-8-4-2)18-14(16-12)17-9-5-6-10-17/h15H,3-11H2,1-2H3. The maximum absolute atomic E-state index is 4.87. The minimum Gasteiger partial charge on any atom is -0.348 e. The van der Waals surface area contributed by atoms with Crippen molar-refractivity contribution >= 4 is 16.5 Å². The van der Waals surface area contributed by atoms with E-state index >= 15 is 0 Å². The van der Waals surface area contributed by atoms with E-state index in [1.54, 1.807) is 0 Å². The van der Waals surface area contributed by atoms with Gasteiger partial charge in [0.1, 0.15) is 0 Å². The molecule has 1 aromatic rings. The molecule has 1 fully saturated rings. The monoisotopic (exact) mass is 267 g/mol. The van der Waals surface area contributed by atoms with Gasteiger partial charge in [-0.05, 0) is 32.2 Å². The lowest BCUT2D eigenvalue weighted by Gasteiger charge is -2.12. The Labute approximate surface area is 115 Å². The zero-order valence-electron chi connectivity index (χ0n) is 11.7. The molecule has 0 amide bonds. The third kappa shape index (κ3) is 3.45. The van der Waals surface area contributed by atoms with Gasteiger partial charge in [0.2, 0.25) is 0 Å². The van der Waals surface area contributed by atoms with Crippen LogP contribution in [-0.4, -0.2) is 24.6 Å². The van der Waals surface area contributed by atoms with Crippen LogP contribution in [0.15, 0.2) is 0 Å². The number of nitrogens with one attached hydrogen (secondary N) is 1. The van der Waals surface area contributed by atoms with E-state index in [2.05, 4.69) is 24.1 Å². The van der Waals surface area contributed by atoms with E-state index in [-0.39, 0.29) is 0 Å². The summed E-state index contributed by atoms with van der Waals surface area (Å²) in [6.07, 6.45) is 6.15. The summed E-state index contributed by atoms with van der Waals surface area (Å²) in [6.45, 7) is 8.93. The molecule has 18 heavy (non-hydrogen) atoms. The predicted octanol–water partition coefficient (Wildman–Crippen LogP) is 3.20. The molecule has 0 atom stereocenters. The number of hydrogen-bond acceptors (Lipinski definition) is 4. The summed E-state index contributed by atoms with van der Waals surface area (Å²) in [5.74, 6) is 0. The van der Waals surface area contributed by atoms with Crippen molar-refractivity contribution in [1.29, 1.82) is 0 Å². The summed E-state index contributed by atoms with van der Waals surface area (Å²) in [5, 5.41) is 4.76. The van der Waals surface area contributed by atoms with Crippen molar-refractivity contribution in [2.75, 3.05) is 24.5 Å². The Morgan fingerprint density at radius 1 is 1.22 bits per heavy atom. The molecule has 1 N–H and O–H groups in total. The van der Waals surface area contributed by atoms with Gasteiger partial charge >= 0.3 is 0 Å². The summed E-state index contributed by atoms with van der Waals surface area (Å²) < 4.78 is 0. The second-order valence-electron chi connectivity index (χ2n) is 4.99. The first-order valence-corrected chi connectivity index (χ1v) is 8.11. The predicted molar refractivity (Wildman–Crippen MR) is 79.6 cm³/mol. The van der Waals surface area contributed by atoms with Gasteiger partial charge in [0.05, 0.1) is 5.69 Å². The van der Waals surface area contributed by atoms with Crippen molar-refractivity contribution in [3.63, 3.8) is 0 Å². The third-order valence-electron chi connectivity index (χ3n) is 3.34. The Morgan fingerprint density at radius 2 is 2.00 bits per heavy atom. The molecule has 0 aliphatic carbocycles. The molecular formula is C14H25N3S. The van der Waals surface area contributed by atoms with Gasteiger partial charge in [0.15, 0.2) is 5.13 Å². The average Bonchev–Trinajstić information content (AvgIpc) is 2.99. The fraction of sp³-hybridized carbons (Fsp3) is 0.786. The fourth-order valence-electron chi connectivity index (χ4n) is 2.36. The highest BCUT2D eigenvalue weighted by Gasteiger charge is 2.18. The minimum absolute atomic E-state index is 0.995. The van der Waals surface area contributed by atoms with Gasteiger partial charge in [-0.2, -0.15) is 0 Å². The molecule has 0 unspecified atom stereocenters. The lowest BCUT2D eigenvalue weighted by molar-refractivity contribution is 0.674. The maximum Gasteiger partial charge on any atom is 0.185 e. The molecule has 1 aromatic heterocycles. The summed E-state index contributed by atoms with van der Waals surface area (Å²) in [5.41, 5.74) is 1.33. The van der Waals surface area contributed by atoms with Crippen LogP contribution in [0.25, 0.3) is 0 Å². The highest BCUT2D eigenvalue weighted by Crippen LogP contribution is 2.29. The Balaban J connectivity index is 2.04. The quantitative estimate of drug-likeness (QED) is 0.769. The molecule has 1 saturated heterocycles. The van der Waals surface area contributed by atoms with E-state index in [0.717, 1.165) is 19.5 Å². The van der Waals surface area contributed by atoms with Gasteiger partial charge < -0.3 is 10.2 Å². The number of aryl methyl sites for hydroxylation is 1. The van der Waals surface area contributed by atoms with Gasteiger partial charge in [-0.25, -0.2) is 4.98 Å². The van der Waals surface area contributed by atoms with Crippen LogP contribution in [0.2, 0.25) is 0 Å². The van der Waals surface area contributed by atoms with Crippen molar-refractivity contribution in [2.24, 2.45) is 0 Å². The average molecular weight is 267 g/mol. The van der Waals surface area contributed by atoms with Crippen molar-refractivity contribution in [3.8, 4) is 0 Å². The second-order valence-corrected chi connectivity index (χ2v) is 6.05. The van der Waals surface area contributed by atoms with Crippen LogP contribution >= 0.6 is 11.3 Å². The van der Waals surface area contributed by atoms with Gasteiger partial charge in [-0.1, -0.05) is 20.3 Å². The van der Waals surface area contributed by atoms with Crippen LogP contribution in [0, 0.1) is 0 Å². The molecule has 0 spiro atoms. The van der Waals surface area contributed by atoms with E-state index in [9.17, 15) is 0 Å². The molecule has 2 rings (SSSR count). The topological polar surface area (TPSA) is 28.2 Å². The molecular weight excluding hydrogens is 242 g/mol. The van der Waals surface area contributed by atoms with E-state index in [1.165, 1.54) is 54.5 Å². The number of hydrogen-bond donors (Lipinski definition) is 1. The van der Waals surface area contributed by atoms with Crippen LogP contribution < -0.4 is 10.2 Å².